The molecule has 0 radical (unpaired) electrons. The van der Waals surface area contributed by atoms with Crippen LogP contribution in [0.25, 0.3) is 0 Å². The van der Waals surface area contributed by atoms with Crippen molar-refractivity contribution in [2.75, 3.05) is 0 Å². The van der Waals surface area contributed by atoms with Crippen molar-refractivity contribution in [3.8, 4) is 0 Å². The number of ketones is 1. The van der Waals surface area contributed by atoms with Crippen LogP contribution in [-0.2, 0) is 22.0 Å². The number of halogens is 2. The third-order valence-corrected chi connectivity index (χ3v) is 7.09. The molecule has 184 valence electrons. The Labute approximate surface area is 218 Å². The molecule has 33 heavy (non-hydrogen) atoms. The van der Waals surface area contributed by atoms with E-state index in [0.717, 1.165) is 10.3 Å². The van der Waals surface area contributed by atoms with E-state index in [1.165, 1.54) is 6.92 Å². The van der Waals surface area contributed by atoms with E-state index >= 15 is 0 Å². The van der Waals surface area contributed by atoms with Crippen LogP contribution in [0.5, 0.6) is 0 Å². The van der Waals surface area contributed by atoms with Gasteiger partial charge in [0.25, 0.3) is 0 Å². The van der Waals surface area contributed by atoms with E-state index in [1.807, 2.05) is 66.7 Å². The Morgan fingerprint density at radius 3 is 1.55 bits per heavy atom. The predicted molar refractivity (Wildman–Crippen MR) is 146 cm³/mol. The summed E-state index contributed by atoms with van der Waals surface area (Å²) in [4.78, 5) is 18.9. The maximum Gasteiger partial charge on any atom is 0.178 e. The molecule has 7 nitrogen and oxygen atoms in total. The van der Waals surface area contributed by atoms with Crippen molar-refractivity contribution in [2.45, 2.75) is 64.9 Å². The molecule has 0 aliphatic rings. The number of aromatic nitrogens is 2. The van der Waals surface area contributed by atoms with Crippen LogP contribution in [0.3, 0.4) is 0 Å². The minimum atomic E-state index is -1.24. The first-order chi connectivity index (χ1) is 14.9. The highest BCUT2D eigenvalue weighted by molar-refractivity contribution is 9.10. The van der Waals surface area contributed by atoms with E-state index < -0.39 is 22.0 Å². The van der Waals surface area contributed by atoms with Crippen molar-refractivity contribution >= 4 is 65.3 Å². The lowest BCUT2D eigenvalue weighted by Gasteiger charge is -2.13. The zero-order chi connectivity index (χ0) is 26.0. The van der Waals surface area contributed by atoms with Crippen LogP contribution in [0, 0.1) is 0 Å². The van der Waals surface area contributed by atoms with Gasteiger partial charge in [0, 0.05) is 6.92 Å². The topological polar surface area (TPSA) is 115 Å². The summed E-state index contributed by atoms with van der Waals surface area (Å²) in [5.74, 6) is -0.0127. The molecule has 0 bridgehead atoms. The number of carbonyl (C=O) groups is 1. The van der Waals surface area contributed by atoms with Crippen molar-refractivity contribution in [2.24, 2.45) is 9.54 Å². The molecule has 0 aliphatic carbocycles. The first kappa shape index (κ1) is 31.9. The standard InChI is InChI=1S/C11H15BrN2OS.C7H6BrNO.C4H11NOS/c1-8(14-16(15)11(2,3)4)9-6-5-7-10(12)13-9;1-5(10)6-3-2-4-7(8)9-6;1-4(2,3)7(5)6/h5-7H,1-4H3;2-4H,1H3;5H2,1-3H3/t;;7-/m..1/s1. The Morgan fingerprint density at radius 1 is 0.848 bits per heavy atom. The fraction of sp³-hybridized carbons (Fsp3) is 0.455. The minimum absolute atomic E-state index is 0.0127. The summed E-state index contributed by atoms with van der Waals surface area (Å²) in [5.41, 5.74) is 1.93. The van der Waals surface area contributed by atoms with Gasteiger partial charge in [0.15, 0.2) is 5.78 Å². The Bertz CT molecular complexity index is 1020. The predicted octanol–water partition coefficient (Wildman–Crippen LogP) is 5.57. The molecular weight excluding hydrogens is 592 g/mol. The van der Waals surface area contributed by atoms with Gasteiger partial charge in [-0.15, -0.1) is 0 Å². The normalized spacial score (nSPS) is 13.6. The third-order valence-electron chi connectivity index (χ3n) is 3.51. The Kier molecular flexibility index (Phi) is 13.8. The maximum atomic E-state index is 11.8. The number of pyridine rings is 2. The molecule has 0 amide bonds. The molecule has 2 atom stereocenters. The van der Waals surface area contributed by atoms with Gasteiger partial charge in [-0.25, -0.2) is 18.4 Å². The average Bonchev–Trinajstić information content (AvgIpc) is 2.67. The van der Waals surface area contributed by atoms with Gasteiger partial charge in [0.1, 0.15) is 25.9 Å². The molecule has 0 spiro atoms. The first-order valence-corrected chi connectivity index (χ1v) is 13.8. The summed E-state index contributed by atoms with van der Waals surface area (Å²) in [7, 11) is -2.42. The number of hydrogen-bond donors (Lipinski definition) is 1. The van der Waals surface area contributed by atoms with Crippen LogP contribution in [-0.4, -0.2) is 39.4 Å². The number of carbonyl (C=O) groups excluding carboxylic acids is 1. The second kappa shape index (κ2) is 14.3. The van der Waals surface area contributed by atoms with Gasteiger partial charge >= 0.3 is 0 Å². The number of nitrogens with zero attached hydrogens (tertiary/aromatic N) is 3. The van der Waals surface area contributed by atoms with E-state index in [4.69, 9.17) is 5.14 Å². The van der Waals surface area contributed by atoms with Gasteiger partial charge < -0.3 is 0 Å². The van der Waals surface area contributed by atoms with E-state index in [0.29, 0.717) is 16.0 Å². The number of nitrogens with two attached hydrogens (primary N) is 1. The third kappa shape index (κ3) is 14.0. The largest absolute Gasteiger partial charge is 0.293 e. The summed E-state index contributed by atoms with van der Waals surface area (Å²) in [6.07, 6.45) is 0. The Balaban J connectivity index is 0.000000514. The van der Waals surface area contributed by atoms with Crippen LogP contribution >= 0.6 is 31.9 Å². The second-order valence-electron chi connectivity index (χ2n) is 8.70. The van der Waals surface area contributed by atoms with E-state index in [-0.39, 0.29) is 15.3 Å². The lowest BCUT2D eigenvalue weighted by atomic mass is 10.3. The first-order valence-electron chi connectivity index (χ1n) is 9.85. The average molecular weight is 624 g/mol. The fourth-order valence-corrected chi connectivity index (χ4v) is 2.83. The molecule has 11 heteroatoms. The van der Waals surface area contributed by atoms with E-state index in [2.05, 4.69) is 46.2 Å². The zero-order valence-electron chi connectivity index (χ0n) is 20.2. The van der Waals surface area contributed by atoms with Gasteiger partial charge in [-0.2, -0.15) is 4.40 Å². The molecule has 1 unspecified atom stereocenters. The Hall–Kier alpha value is -1.14. The van der Waals surface area contributed by atoms with Crippen molar-refractivity contribution < 1.29 is 13.2 Å². The number of hydrogen-bond acceptors (Lipinski definition) is 5. The molecule has 0 saturated carbocycles. The smallest absolute Gasteiger partial charge is 0.178 e. The van der Waals surface area contributed by atoms with Gasteiger partial charge in [-0.3, -0.25) is 9.93 Å². The summed E-state index contributed by atoms with van der Waals surface area (Å²) >= 11 is 6.46. The van der Waals surface area contributed by atoms with E-state index in [9.17, 15) is 13.2 Å². The molecule has 0 fully saturated rings. The number of Topliss-reactive ketones (excluding diaryl/α,β-unsaturated/α-hetero) is 1. The molecule has 0 aromatic carbocycles. The van der Waals surface area contributed by atoms with Gasteiger partial charge in [-0.1, -0.05) is 12.1 Å². The summed E-state index contributed by atoms with van der Waals surface area (Å²) in [6.45, 7) is 14.5. The van der Waals surface area contributed by atoms with Crippen LogP contribution in [0.15, 0.2) is 50.0 Å². The molecule has 2 rings (SSSR count). The maximum absolute atomic E-state index is 11.8. The quantitative estimate of drug-likeness (QED) is 0.273. The molecule has 2 aromatic heterocycles. The van der Waals surface area contributed by atoms with Crippen molar-refractivity contribution in [3.05, 3.63) is 57.0 Å². The highest BCUT2D eigenvalue weighted by Gasteiger charge is 2.19. The molecule has 0 saturated heterocycles. The Morgan fingerprint density at radius 2 is 1.24 bits per heavy atom. The lowest BCUT2D eigenvalue weighted by molar-refractivity contribution is 0.101. The molecule has 2 N–H and O–H groups in total. The summed E-state index contributed by atoms with van der Waals surface area (Å²) in [5, 5.41) is 5.04. The minimum Gasteiger partial charge on any atom is -0.293 e. The molecular formula is C22H32Br2N4O3S2. The highest BCUT2D eigenvalue weighted by atomic mass is 79.9. The zero-order valence-corrected chi connectivity index (χ0v) is 25.0. The second-order valence-corrected chi connectivity index (χ2v) is 14.0. The van der Waals surface area contributed by atoms with E-state index in [1.54, 1.807) is 18.2 Å². The van der Waals surface area contributed by atoms with Crippen molar-refractivity contribution in [1.82, 2.24) is 9.97 Å². The molecule has 0 aliphatic heterocycles. The van der Waals surface area contributed by atoms with Crippen LogP contribution in [0.4, 0.5) is 0 Å². The van der Waals surface area contributed by atoms with Crippen LogP contribution < -0.4 is 5.14 Å². The van der Waals surface area contributed by atoms with Gasteiger partial charge in [0.2, 0.25) is 0 Å². The lowest BCUT2D eigenvalue weighted by Crippen LogP contribution is -2.27. The fourth-order valence-electron chi connectivity index (χ4n) is 1.52. The van der Waals surface area contributed by atoms with Crippen molar-refractivity contribution in [1.29, 1.82) is 0 Å². The highest BCUT2D eigenvalue weighted by Crippen LogP contribution is 2.14. The van der Waals surface area contributed by atoms with Crippen LogP contribution in [0.1, 0.15) is 71.6 Å². The SMILES string of the molecule is CC(=NS(=O)C(C)(C)C)c1cccc(Br)n1.CC(=O)c1cccc(Br)n1.CC(C)(C)[S@](N)=O. The summed E-state index contributed by atoms with van der Waals surface area (Å²) in [6, 6.07) is 10.8. The van der Waals surface area contributed by atoms with Crippen molar-refractivity contribution in [3.63, 3.8) is 0 Å². The van der Waals surface area contributed by atoms with Gasteiger partial charge in [-0.05, 0) is 105 Å². The number of rotatable bonds is 3. The van der Waals surface area contributed by atoms with Gasteiger partial charge in [0.05, 0.1) is 31.9 Å². The molecule has 2 aromatic rings. The molecule has 2 heterocycles. The monoisotopic (exact) mass is 622 g/mol. The summed E-state index contributed by atoms with van der Waals surface area (Å²) < 4.78 is 27.2. The van der Waals surface area contributed by atoms with Crippen LogP contribution in [0.2, 0.25) is 0 Å².